The number of rotatable bonds is 8. The number of carboxylic acids is 1. The van der Waals surface area contributed by atoms with Crippen molar-refractivity contribution in [1.82, 2.24) is 0 Å². The fraction of sp³-hybridized carbons (Fsp3) is 0.208. The highest BCUT2D eigenvalue weighted by atomic mass is 32.2. The Balaban J connectivity index is 2.06. The van der Waals surface area contributed by atoms with Crippen molar-refractivity contribution < 1.29 is 18.3 Å². The van der Waals surface area contributed by atoms with Gasteiger partial charge in [0.15, 0.2) is 0 Å². The maximum Gasteiger partial charge on any atom is 0.305 e. The molecule has 0 bridgehead atoms. The van der Waals surface area contributed by atoms with Crippen molar-refractivity contribution in [2.75, 3.05) is 16.2 Å². The van der Waals surface area contributed by atoms with E-state index in [0.29, 0.717) is 11.1 Å². The predicted octanol–water partition coefficient (Wildman–Crippen LogP) is 4.25. The topological polar surface area (TPSA) is 86.7 Å². The molecule has 0 aromatic heterocycles. The van der Waals surface area contributed by atoms with Crippen LogP contribution in [0.2, 0.25) is 0 Å². The van der Waals surface area contributed by atoms with E-state index in [1.807, 2.05) is 36.1 Å². The molecule has 0 aliphatic carbocycles. The van der Waals surface area contributed by atoms with Crippen molar-refractivity contribution in [2.45, 2.75) is 31.2 Å². The molecule has 0 saturated heterocycles. The maximum absolute atomic E-state index is 12.9. The quantitative estimate of drug-likeness (QED) is 0.516. The first-order chi connectivity index (χ1) is 14.7. The van der Waals surface area contributed by atoms with Gasteiger partial charge in [-0.15, -0.1) is 6.42 Å². The van der Waals surface area contributed by atoms with Crippen molar-refractivity contribution in [1.29, 1.82) is 0 Å². The Hall–Kier alpha value is -3.50. The second-order valence-electron chi connectivity index (χ2n) is 7.38. The highest BCUT2D eigenvalue weighted by molar-refractivity contribution is 7.92. The number of nitrogens with zero attached hydrogens (tertiary/aromatic N) is 1. The summed E-state index contributed by atoms with van der Waals surface area (Å²) in [6.45, 7) is 3.92. The van der Waals surface area contributed by atoms with Crippen LogP contribution < -0.4 is 9.62 Å². The molecule has 3 aromatic rings. The van der Waals surface area contributed by atoms with Crippen LogP contribution in [0.4, 0.5) is 11.4 Å². The second-order valence-corrected chi connectivity index (χ2v) is 9.06. The summed E-state index contributed by atoms with van der Waals surface area (Å²) in [6, 6.07) is 17.1. The van der Waals surface area contributed by atoms with Crippen LogP contribution in [0.5, 0.6) is 0 Å². The average molecular weight is 437 g/mol. The van der Waals surface area contributed by atoms with Crippen molar-refractivity contribution in [3.63, 3.8) is 0 Å². The van der Waals surface area contributed by atoms with E-state index in [1.165, 1.54) is 0 Å². The minimum Gasteiger partial charge on any atom is -0.481 e. The van der Waals surface area contributed by atoms with E-state index < -0.39 is 16.0 Å². The SMILES string of the molecule is C#CCN(c1ccc(NS(=O)(=O)c2ccc(C)cc2)c2ccccc12)[C@@H](C)CC(=O)O. The number of fused-ring (bicyclic) bond motifs is 1. The Kier molecular flexibility index (Phi) is 6.52. The number of anilines is 2. The van der Waals surface area contributed by atoms with Crippen LogP contribution in [-0.4, -0.2) is 32.1 Å². The van der Waals surface area contributed by atoms with Crippen LogP contribution in [0, 0.1) is 19.3 Å². The highest BCUT2D eigenvalue weighted by Gasteiger charge is 2.21. The minimum absolute atomic E-state index is 0.0716. The van der Waals surface area contributed by atoms with Crippen LogP contribution in [0.3, 0.4) is 0 Å². The monoisotopic (exact) mass is 436 g/mol. The summed E-state index contributed by atoms with van der Waals surface area (Å²) in [5.74, 6) is 1.67. The van der Waals surface area contributed by atoms with Gasteiger partial charge in [0.05, 0.1) is 23.5 Å². The Morgan fingerprint density at radius 3 is 2.35 bits per heavy atom. The van der Waals surface area contributed by atoms with Crippen molar-refractivity contribution >= 4 is 38.1 Å². The zero-order valence-corrected chi connectivity index (χ0v) is 18.2. The Morgan fingerprint density at radius 2 is 1.74 bits per heavy atom. The number of nitrogens with one attached hydrogen (secondary N) is 1. The lowest BCUT2D eigenvalue weighted by Crippen LogP contribution is -2.35. The van der Waals surface area contributed by atoms with E-state index in [0.717, 1.165) is 16.6 Å². The highest BCUT2D eigenvalue weighted by Crippen LogP contribution is 2.34. The second kappa shape index (κ2) is 9.11. The number of aliphatic carboxylic acids is 1. The van der Waals surface area contributed by atoms with Crippen LogP contribution in [0.25, 0.3) is 10.8 Å². The minimum atomic E-state index is -3.77. The van der Waals surface area contributed by atoms with Crippen LogP contribution >= 0.6 is 0 Å². The third-order valence-corrected chi connectivity index (χ3v) is 6.43. The van der Waals surface area contributed by atoms with Gasteiger partial charge in [-0.25, -0.2) is 8.42 Å². The summed E-state index contributed by atoms with van der Waals surface area (Å²) < 4.78 is 28.5. The number of sulfonamides is 1. The van der Waals surface area contributed by atoms with Gasteiger partial charge in [0.2, 0.25) is 0 Å². The summed E-state index contributed by atoms with van der Waals surface area (Å²) >= 11 is 0. The van der Waals surface area contributed by atoms with Gasteiger partial charge in [0, 0.05) is 22.5 Å². The van der Waals surface area contributed by atoms with Gasteiger partial charge in [-0.05, 0) is 38.1 Å². The largest absolute Gasteiger partial charge is 0.481 e. The van der Waals surface area contributed by atoms with Crippen molar-refractivity contribution in [3.8, 4) is 12.3 Å². The fourth-order valence-electron chi connectivity index (χ4n) is 3.48. The summed E-state index contributed by atoms with van der Waals surface area (Å²) in [7, 11) is -3.77. The van der Waals surface area contributed by atoms with E-state index in [4.69, 9.17) is 6.42 Å². The lowest BCUT2D eigenvalue weighted by atomic mass is 10.0. The van der Waals surface area contributed by atoms with Gasteiger partial charge in [-0.3, -0.25) is 9.52 Å². The molecule has 3 rings (SSSR count). The molecule has 160 valence electrons. The zero-order valence-electron chi connectivity index (χ0n) is 17.4. The van der Waals surface area contributed by atoms with Crippen molar-refractivity contribution in [3.05, 3.63) is 66.2 Å². The van der Waals surface area contributed by atoms with Crippen LogP contribution in [-0.2, 0) is 14.8 Å². The first-order valence-corrected chi connectivity index (χ1v) is 11.2. The molecule has 2 N–H and O–H groups in total. The van der Waals surface area contributed by atoms with E-state index in [-0.39, 0.29) is 23.9 Å². The molecule has 6 nitrogen and oxygen atoms in total. The summed E-state index contributed by atoms with van der Waals surface area (Å²) in [5, 5.41) is 10.7. The molecular formula is C24H24N2O4S. The Bertz CT molecular complexity index is 1240. The molecule has 31 heavy (non-hydrogen) atoms. The predicted molar refractivity (Wildman–Crippen MR) is 124 cm³/mol. The van der Waals surface area contributed by atoms with Gasteiger partial charge in [-0.1, -0.05) is 47.9 Å². The molecule has 0 amide bonds. The number of hydrogen-bond donors (Lipinski definition) is 2. The lowest BCUT2D eigenvalue weighted by molar-refractivity contribution is -0.137. The average Bonchev–Trinajstić information content (AvgIpc) is 2.72. The number of carbonyl (C=O) groups is 1. The molecular weight excluding hydrogens is 412 g/mol. The first-order valence-electron chi connectivity index (χ1n) is 9.76. The molecule has 1 atom stereocenters. The molecule has 0 heterocycles. The third-order valence-electron chi connectivity index (χ3n) is 5.05. The molecule has 0 saturated carbocycles. The summed E-state index contributed by atoms with van der Waals surface area (Å²) in [5.41, 5.74) is 2.16. The Morgan fingerprint density at radius 1 is 1.10 bits per heavy atom. The standard InChI is InChI=1S/C24H24N2O4S/c1-4-15-26(18(3)16-24(27)28)23-14-13-22(20-7-5-6-8-21(20)23)25-31(29,30)19-11-9-17(2)10-12-19/h1,5-14,18,25H,15-16H2,2-3H3,(H,27,28)/t18-/m0/s1. The molecule has 3 aromatic carbocycles. The van der Waals surface area contributed by atoms with Crippen LogP contribution in [0.15, 0.2) is 65.6 Å². The van der Waals surface area contributed by atoms with Crippen LogP contribution in [0.1, 0.15) is 18.9 Å². The lowest BCUT2D eigenvalue weighted by Gasteiger charge is -2.30. The van der Waals surface area contributed by atoms with Gasteiger partial charge in [0.25, 0.3) is 10.0 Å². The number of aryl methyl sites for hydroxylation is 1. The van der Waals surface area contributed by atoms with E-state index in [1.54, 1.807) is 43.3 Å². The van der Waals surface area contributed by atoms with E-state index in [2.05, 4.69) is 10.6 Å². The smallest absolute Gasteiger partial charge is 0.305 e. The fourth-order valence-corrected chi connectivity index (χ4v) is 4.56. The van der Waals surface area contributed by atoms with Gasteiger partial charge in [-0.2, -0.15) is 0 Å². The maximum atomic E-state index is 12.9. The molecule has 0 unspecified atom stereocenters. The molecule has 0 fully saturated rings. The molecule has 7 heteroatoms. The molecule has 0 aliphatic rings. The first kappa shape index (κ1) is 22.2. The number of benzene rings is 3. The van der Waals surface area contributed by atoms with Crippen molar-refractivity contribution in [2.24, 2.45) is 0 Å². The van der Waals surface area contributed by atoms with Gasteiger partial charge in [0.1, 0.15) is 0 Å². The van der Waals surface area contributed by atoms with E-state index >= 15 is 0 Å². The molecule has 0 aliphatic heterocycles. The zero-order chi connectivity index (χ0) is 22.6. The molecule has 0 radical (unpaired) electrons. The van der Waals surface area contributed by atoms with Gasteiger partial charge >= 0.3 is 5.97 Å². The normalized spacial score (nSPS) is 12.2. The van der Waals surface area contributed by atoms with Gasteiger partial charge < -0.3 is 10.0 Å². The number of terminal acetylenes is 1. The summed E-state index contributed by atoms with van der Waals surface area (Å²) in [6.07, 6.45) is 5.47. The Labute approximate surface area is 182 Å². The molecule has 0 spiro atoms. The summed E-state index contributed by atoms with van der Waals surface area (Å²) in [4.78, 5) is 13.2. The van der Waals surface area contributed by atoms with E-state index in [9.17, 15) is 18.3 Å². The number of hydrogen-bond acceptors (Lipinski definition) is 4. The third kappa shape index (κ3) is 4.98. The number of carboxylic acid groups (broad SMARTS) is 1.